The van der Waals surface area contributed by atoms with E-state index in [0.717, 1.165) is 11.3 Å². The van der Waals surface area contributed by atoms with Crippen molar-refractivity contribution in [1.29, 1.82) is 0 Å². The summed E-state index contributed by atoms with van der Waals surface area (Å²) >= 11 is 0. The Bertz CT molecular complexity index is 1240. The quantitative estimate of drug-likeness (QED) is 0.413. The van der Waals surface area contributed by atoms with Gasteiger partial charge in [0.1, 0.15) is 0 Å². The van der Waals surface area contributed by atoms with E-state index in [2.05, 4.69) is 10.3 Å². The molecule has 6 nitrogen and oxygen atoms in total. The third-order valence-electron chi connectivity index (χ3n) is 5.46. The van der Waals surface area contributed by atoms with Crippen LogP contribution in [-0.4, -0.2) is 23.3 Å². The number of anilines is 1. The molecule has 3 aromatic carbocycles. The summed E-state index contributed by atoms with van der Waals surface area (Å²) in [4.78, 5) is 32.4. The lowest BCUT2D eigenvalue weighted by Crippen LogP contribution is -2.31. The third-order valence-corrected chi connectivity index (χ3v) is 5.46. The fourth-order valence-electron chi connectivity index (χ4n) is 3.75. The molecule has 0 saturated carbocycles. The van der Waals surface area contributed by atoms with Crippen LogP contribution in [0.25, 0.3) is 11.3 Å². The van der Waals surface area contributed by atoms with Crippen LogP contribution >= 0.6 is 0 Å². The number of carbonyl (C=O) groups excluding carboxylic acids is 2. The average molecular weight is 440 g/mol. The number of oxazole rings is 1. The summed E-state index contributed by atoms with van der Waals surface area (Å²) < 4.78 is 5.63. The zero-order valence-corrected chi connectivity index (χ0v) is 18.6. The lowest BCUT2D eigenvalue weighted by Gasteiger charge is -2.22. The second kappa shape index (κ2) is 9.96. The van der Waals surface area contributed by atoms with E-state index in [9.17, 15) is 9.59 Å². The van der Waals surface area contributed by atoms with Crippen molar-refractivity contribution in [3.63, 3.8) is 0 Å². The van der Waals surface area contributed by atoms with Gasteiger partial charge in [0.05, 0.1) is 11.6 Å². The summed E-state index contributed by atoms with van der Waals surface area (Å²) in [5.74, 6) is -0.284. The molecule has 1 heterocycles. The molecule has 1 atom stereocenters. The Morgan fingerprint density at radius 3 is 2.27 bits per heavy atom. The fraction of sp³-hybridized carbons (Fsp3) is 0.148. The highest BCUT2D eigenvalue weighted by Crippen LogP contribution is 2.29. The molecule has 0 aliphatic carbocycles. The zero-order chi connectivity index (χ0) is 23.2. The molecule has 166 valence electrons. The zero-order valence-electron chi connectivity index (χ0n) is 18.6. The SMILES string of the molecule is CCN(C(=O)c1ccccc1-c1ocnc1C(=O)N[C@@H](C)c1ccccc1)c1ccccc1. The van der Waals surface area contributed by atoms with E-state index in [4.69, 9.17) is 4.42 Å². The normalized spacial score (nSPS) is 11.6. The number of amides is 2. The van der Waals surface area contributed by atoms with Crippen molar-refractivity contribution in [2.24, 2.45) is 0 Å². The minimum absolute atomic E-state index is 0.140. The largest absolute Gasteiger partial charge is 0.443 e. The summed E-state index contributed by atoms with van der Waals surface area (Å²) in [5, 5.41) is 2.96. The average Bonchev–Trinajstić information content (AvgIpc) is 3.36. The molecule has 0 bridgehead atoms. The van der Waals surface area contributed by atoms with Gasteiger partial charge in [-0.2, -0.15) is 0 Å². The maximum atomic E-state index is 13.5. The molecule has 0 saturated heterocycles. The maximum Gasteiger partial charge on any atom is 0.274 e. The minimum atomic E-state index is -0.368. The Morgan fingerprint density at radius 2 is 1.58 bits per heavy atom. The Labute approximate surface area is 192 Å². The fourth-order valence-corrected chi connectivity index (χ4v) is 3.75. The predicted molar refractivity (Wildman–Crippen MR) is 128 cm³/mol. The van der Waals surface area contributed by atoms with Gasteiger partial charge in [-0.05, 0) is 37.6 Å². The van der Waals surface area contributed by atoms with E-state index in [0.29, 0.717) is 17.7 Å². The van der Waals surface area contributed by atoms with Crippen LogP contribution in [0.5, 0.6) is 0 Å². The van der Waals surface area contributed by atoms with Crippen molar-refractivity contribution in [1.82, 2.24) is 10.3 Å². The molecule has 0 aliphatic heterocycles. The van der Waals surface area contributed by atoms with Crippen LogP contribution in [0.3, 0.4) is 0 Å². The topological polar surface area (TPSA) is 75.4 Å². The van der Waals surface area contributed by atoms with Crippen molar-refractivity contribution >= 4 is 17.5 Å². The molecule has 1 N–H and O–H groups in total. The molecule has 0 fully saturated rings. The van der Waals surface area contributed by atoms with E-state index in [-0.39, 0.29) is 29.3 Å². The summed E-state index contributed by atoms with van der Waals surface area (Å²) in [6.07, 6.45) is 1.23. The summed E-state index contributed by atoms with van der Waals surface area (Å²) in [5.41, 5.74) is 2.87. The Morgan fingerprint density at radius 1 is 0.939 bits per heavy atom. The monoisotopic (exact) mass is 439 g/mol. The van der Waals surface area contributed by atoms with Gasteiger partial charge in [0.25, 0.3) is 11.8 Å². The van der Waals surface area contributed by atoms with Crippen LogP contribution < -0.4 is 10.2 Å². The maximum absolute atomic E-state index is 13.5. The highest BCUT2D eigenvalue weighted by atomic mass is 16.3. The second-order valence-electron chi connectivity index (χ2n) is 7.57. The molecule has 0 spiro atoms. The van der Waals surface area contributed by atoms with Crippen molar-refractivity contribution in [3.05, 3.63) is 108 Å². The van der Waals surface area contributed by atoms with E-state index >= 15 is 0 Å². The first-order valence-electron chi connectivity index (χ1n) is 10.9. The predicted octanol–water partition coefficient (Wildman–Crippen LogP) is 5.50. The Hall–Kier alpha value is -4.19. The molecule has 4 aromatic rings. The van der Waals surface area contributed by atoms with Gasteiger partial charge in [0, 0.05) is 17.8 Å². The molecular formula is C27H25N3O3. The lowest BCUT2D eigenvalue weighted by molar-refractivity contribution is 0.0933. The molecule has 4 rings (SSSR count). The van der Waals surface area contributed by atoms with Crippen molar-refractivity contribution in [2.75, 3.05) is 11.4 Å². The van der Waals surface area contributed by atoms with Gasteiger partial charge in [0.2, 0.25) is 0 Å². The van der Waals surface area contributed by atoms with Crippen LogP contribution in [0.15, 0.2) is 95.7 Å². The third kappa shape index (κ3) is 4.70. The van der Waals surface area contributed by atoms with Gasteiger partial charge < -0.3 is 14.6 Å². The summed E-state index contributed by atoms with van der Waals surface area (Å²) in [6.45, 7) is 4.32. The standard InChI is InChI=1S/C27H25N3O3/c1-3-30(21-14-8-5-9-15-21)27(32)23-17-11-10-16-22(23)25-24(28-18-33-25)26(31)29-19(2)20-12-6-4-7-13-20/h4-19H,3H2,1-2H3,(H,29,31)/t19-/m0/s1. The number of hydrogen-bond acceptors (Lipinski definition) is 4. The van der Waals surface area contributed by atoms with Gasteiger partial charge in [-0.25, -0.2) is 4.98 Å². The number of nitrogens with one attached hydrogen (secondary N) is 1. The number of carbonyl (C=O) groups is 2. The van der Waals surface area contributed by atoms with Crippen molar-refractivity contribution < 1.29 is 14.0 Å². The molecular weight excluding hydrogens is 414 g/mol. The van der Waals surface area contributed by atoms with E-state index < -0.39 is 0 Å². The Balaban J connectivity index is 1.65. The van der Waals surface area contributed by atoms with Crippen LogP contribution in [-0.2, 0) is 0 Å². The highest BCUT2D eigenvalue weighted by molar-refractivity contribution is 6.11. The van der Waals surface area contributed by atoms with Crippen LogP contribution in [0.2, 0.25) is 0 Å². The van der Waals surface area contributed by atoms with Gasteiger partial charge in [-0.15, -0.1) is 0 Å². The van der Waals surface area contributed by atoms with Crippen LogP contribution in [0.4, 0.5) is 5.69 Å². The van der Waals surface area contributed by atoms with E-state index in [1.54, 1.807) is 23.1 Å². The van der Waals surface area contributed by atoms with E-state index in [1.165, 1.54) is 6.39 Å². The number of para-hydroxylation sites is 1. The summed E-state index contributed by atoms with van der Waals surface area (Å²) in [6, 6.07) is 26.0. The van der Waals surface area contributed by atoms with Gasteiger partial charge in [-0.3, -0.25) is 9.59 Å². The van der Waals surface area contributed by atoms with Gasteiger partial charge in [-0.1, -0.05) is 66.7 Å². The highest BCUT2D eigenvalue weighted by Gasteiger charge is 2.26. The minimum Gasteiger partial charge on any atom is -0.443 e. The van der Waals surface area contributed by atoms with E-state index in [1.807, 2.05) is 80.6 Å². The number of aromatic nitrogens is 1. The smallest absolute Gasteiger partial charge is 0.274 e. The molecule has 0 aliphatic rings. The van der Waals surface area contributed by atoms with Gasteiger partial charge in [0.15, 0.2) is 17.8 Å². The molecule has 0 radical (unpaired) electrons. The first-order chi connectivity index (χ1) is 16.1. The molecule has 2 amide bonds. The molecule has 1 aromatic heterocycles. The molecule has 6 heteroatoms. The van der Waals surface area contributed by atoms with Crippen molar-refractivity contribution in [3.8, 4) is 11.3 Å². The number of rotatable bonds is 7. The Kier molecular flexibility index (Phi) is 6.64. The first kappa shape index (κ1) is 22.0. The number of nitrogens with zero attached hydrogens (tertiary/aromatic N) is 2. The number of benzene rings is 3. The van der Waals surface area contributed by atoms with Crippen LogP contribution in [0, 0.1) is 0 Å². The molecule has 0 unspecified atom stereocenters. The summed E-state index contributed by atoms with van der Waals surface area (Å²) in [7, 11) is 0. The van der Waals surface area contributed by atoms with Gasteiger partial charge >= 0.3 is 0 Å². The van der Waals surface area contributed by atoms with Crippen molar-refractivity contribution in [2.45, 2.75) is 19.9 Å². The molecule has 33 heavy (non-hydrogen) atoms. The first-order valence-corrected chi connectivity index (χ1v) is 10.9. The lowest BCUT2D eigenvalue weighted by atomic mass is 10.0. The number of hydrogen-bond donors (Lipinski definition) is 1. The van der Waals surface area contributed by atoms with Crippen LogP contribution in [0.1, 0.15) is 46.3 Å². The second-order valence-corrected chi connectivity index (χ2v) is 7.57.